The summed E-state index contributed by atoms with van der Waals surface area (Å²) in [5.74, 6) is 1.15. The van der Waals surface area contributed by atoms with Crippen molar-refractivity contribution in [3.05, 3.63) is 11.8 Å². The number of nitrogens with zero attached hydrogens (tertiary/aromatic N) is 4. The van der Waals surface area contributed by atoms with Crippen LogP contribution in [0.5, 0.6) is 0 Å². The molecule has 3 heterocycles. The molecule has 2 saturated heterocycles. The lowest BCUT2D eigenvalue weighted by Gasteiger charge is -2.35. The van der Waals surface area contributed by atoms with E-state index in [0.717, 1.165) is 38.3 Å². The molecule has 1 aromatic heterocycles. The Labute approximate surface area is 137 Å². The van der Waals surface area contributed by atoms with Crippen LogP contribution >= 0.6 is 0 Å². The number of esters is 1. The summed E-state index contributed by atoms with van der Waals surface area (Å²) in [5.41, 5.74) is 0.361. The Kier molecular flexibility index (Phi) is 4.98. The number of carbonyl (C=O) groups excluding carboxylic acids is 1. The number of aromatic nitrogens is 2. The second-order valence-corrected chi connectivity index (χ2v) is 6.35. The minimum absolute atomic E-state index is 0.361. The molecule has 1 unspecified atom stereocenters. The minimum atomic E-state index is -0.390. The van der Waals surface area contributed by atoms with Gasteiger partial charge in [-0.1, -0.05) is 6.92 Å². The second kappa shape index (κ2) is 7.15. The summed E-state index contributed by atoms with van der Waals surface area (Å²) in [6, 6.07) is 2.23. The zero-order chi connectivity index (χ0) is 16.2. The molecule has 0 bridgehead atoms. The Bertz CT molecular complexity index is 558. The number of methoxy groups -OCH3 is 1. The number of piperidine rings is 1. The molecule has 6 nitrogen and oxygen atoms in total. The molecule has 0 amide bonds. The topological polar surface area (TPSA) is 58.6 Å². The maximum Gasteiger partial charge on any atom is 0.356 e. The highest BCUT2D eigenvalue weighted by Gasteiger charge is 2.26. The van der Waals surface area contributed by atoms with Crippen molar-refractivity contribution in [2.45, 2.75) is 51.5 Å². The van der Waals surface area contributed by atoms with E-state index >= 15 is 0 Å². The van der Waals surface area contributed by atoms with Crippen molar-refractivity contribution in [3.8, 4) is 0 Å². The molecule has 0 aromatic carbocycles. The summed E-state index contributed by atoms with van der Waals surface area (Å²) in [7, 11) is 1.40. The van der Waals surface area contributed by atoms with Crippen molar-refractivity contribution in [1.82, 2.24) is 9.97 Å². The summed E-state index contributed by atoms with van der Waals surface area (Å²) in [6.07, 6.45) is 7.00. The first-order chi connectivity index (χ1) is 11.2. The molecule has 0 N–H and O–H groups in total. The van der Waals surface area contributed by atoms with Crippen LogP contribution in [0.1, 0.15) is 55.9 Å². The van der Waals surface area contributed by atoms with Crippen LogP contribution in [0, 0.1) is 0 Å². The van der Waals surface area contributed by atoms with Gasteiger partial charge in [0, 0.05) is 31.7 Å². The highest BCUT2D eigenvalue weighted by molar-refractivity contribution is 5.88. The molecule has 1 atom stereocenters. The number of ether oxygens (including phenoxy) is 1. The summed E-state index contributed by atoms with van der Waals surface area (Å²) in [5, 5.41) is 0. The van der Waals surface area contributed by atoms with E-state index in [2.05, 4.69) is 21.7 Å². The van der Waals surface area contributed by atoms with Gasteiger partial charge >= 0.3 is 5.97 Å². The molecule has 0 aliphatic carbocycles. The van der Waals surface area contributed by atoms with Crippen LogP contribution in [0.15, 0.2) is 6.07 Å². The third-order valence-electron chi connectivity index (χ3n) is 4.88. The zero-order valence-electron chi connectivity index (χ0n) is 14.1. The zero-order valence-corrected chi connectivity index (χ0v) is 14.1. The van der Waals surface area contributed by atoms with E-state index in [1.165, 1.54) is 32.8 Å². The number of rotatable bonds is 4. The van der Waals surface area contributed by atoms with Gasteiger partial charge in [0.05, 0.1) is 7.11 Å². The molecule has 0 spiro atoms. The van der Waals surface area contributed by atoms with E-state index in [0.29, 0.717) is 17.7 Å². The van der Waals surface area contributed by atoms with Gasteiger partial charge in [0.25, 0.3) is 0 Å². The van der Waals surface area contributed by atoms with Crippen molar-refractivity contribution in [1.29, 1.82) is 0 Å². The van der Waals surface area contributed by atoms with E-state index in [1.807, 2.05) is 0 Å². The fourth-order valence-electron chi connectivity index (χ4n) is 3.56. The predicted octanol–water partition coefficient (Wildman–Crippen LogP) is 2.63. The number of hydrogen-bond acceptors (Lipinski definition) is 6. The SMILES string of the molecule is CCC1CCCCN1c1nc(C(=O)OC)cc(N2CCCC2)n1. The molecule has 3 rings (SSSR count). The van der Waals surface area contributed by atoms with Crippen LogP contribution in [0.25, 0.3) is 0 Å². The monoisotopic (exact) mass is 318 g/mol. The lowest BCUT2D eigenvalue weighted by atomic mass is 10.0. The molecule has 6 heteroatoms. The lowest BCUT2D eigenvalue weighted by Crippen LogP contribution is -2.40. The van der Waals surface area contributed by atoms with Gasteiger partial charge in [0.2, 0.25) is 5.95 Å². The molecule has 1 aromatic rings. The average Bonchev–Trinajstić information content (AvgIpc) is 3.15. The molecule has 2 aliphatic rings. The first-order valence-electron chi connectivity index (χ1n) is 8.72. The maximum absolute atomic E-state index is 12.0. The summed E-state index contributed by atoms with van der Waals surface area (Å²) >= 11 is 0. The summed E-state index contributed by atoms with van der Waals surface area (Å²) < 4.78 is 4.88. The number of anilines is 2. The second-order valence-electron chi connectivity index (χ2n) is 6.35. The Balaban J connectivity index is 1.96. The van der Waals surface area contributed by atoms with Gasteiger partial charge in [-0.3, -0.25) is 0 Å². The lowest BCUT2D eigenvalue weighted by molar-refractivity contribution is 0.0594. The van der Waals surface area contributed by atoms with Crippen LogP contribution in [0.3, 0.4) is 0 Å². The van der Waals surface area contributed by atoms with E-state index in [9.17, 15) is 4.79 Å². The minimum Gasteiger partial charge on any atom is -0.464 e. The molecular weight excluding hydrogens is 292 g/mol. The number of carbonyl (C=O) groups is 1. The van der Waals surface area contributed by atoms with E-state index in [1.54, 1.807) is 6.07 Å². The highest BCUT2D eigenvalue weighted by atomic mass is 16.5. The van der Waals surface area contributed by atoms with Gasteiger partial charge in [0.1, 0.15) is 5.82 Å². The van der Waals surface area contributed by atoms with Gasteiger partial charge in [-0.05, 0) is 38.5 Å². The first kappa shape index (κ1) is 16.0. The van der Waals surface area contributed by atoms with Crippen molar-refractivity contribution >= 4 is 17.7 Å². The smallest absolute Gasteiger partial charge is 0.356 e. The average molecular weight is 318 g/mol. The standard InChI is InChI=1S/C17H26N4O2/c1-3-13-8-4-5-11-21(13)17-18-14(16(22)23-2)12-15(19-17)20-9-6-7-10-20/h12-13H,3-11H2,1-2H3. The molecule has 2 aliphatic heterocycles. The highest BCUT2D eigenvalue weighted by Crippen LogP contribution is 2.27. The summed E-state index contributed by atoms with van der Waals surface area (Å²) in [6.45, 7) is 5.15. The molecule has 126 valence electrons. The van der Waals surface area contributed by atoms with Crippen LogP contribution in [0.2, 0.25) is 0 Å². The van der Waals surface area contributed by atoms with Gasteiger partial charge in [0.15, 0.2) is 5.69 Å². The van der Waals surface area contributed by atoms with Crippen molar-refractivity contribution in [2.24, 2.45) is 0 Å². The fraction of sp³-hybridized carbons (Fsp3) is 0.706. The molecule has 23 heavy (non-hydrogen) atoms. The predicted molar refractivity (Wildman–Crippen MR) is 90.1 cm³/mol. The van der Waals surface area contributed by atoms with Gasteiger partial charge in [-0.15, -0.1) is 0 Å². The number of hydrogen-bond donors (Lipinski definition) is 0. The van der Waals surface area contributed by atoms with E-state index in [4.69, 9.17) is 9.72 Å². The fourth-order valence-corrected chi connectivity index (χ4v) is 3.56. The molecule has 0 saturated carbocycles. The molecule has 2 fully saturated rings. The quantitative estimate of drug-likeness (QED) is 0.796. The van der Waals surface area contributed by atoms with Crippen LogP contribution in [-0.2, 0) is 4.74 Å². The van der Waals surface area contributed by atoms with Gasteiger partial charge in [-0.25, -0.2) is 9.78 Å². The third kappa shape index (κ3) is 3.41. The Morgan fingerprint density at radius 3 is 2.65 bits per heavy atom. The summed E-state index contributed by atoms with van der Waals surface area (Å²) in [4.78, 5) is 25.8. The van der Waals surface area contributed by atoms with Crippen molar-refractivity contribution in [2.75, 3.05) is 36.5 Å². The van der Waals surface area contributed by atoms with Crippen LogP contribution < -0.4 is 9.80 Å². The van der Waals surface area contributed by atoms with Crippen LogP contribution in [-0.4, -0.2) is 48.7 Å². The maximum atomic E-state index is 12.0. The van der Waals surface area contributed by atoms with Crippen molar-refractivity contribution < 1.29 is 9.53 Å². The first-order valence-corrected chi connectivity index (χ1v) is 8.72. The van der Waals surface area contributed by atoms with Crippen LogP contribution in [0.4, 0.5) is 11.8 Å². The Hall–Kier alpha value is -1.85. The van der Waals surface area contributed by atoms with E-state index in [-0.39, 0.29) is 5.97 Å². The Morgan fingerprint density at radius 2 is 1.96 bits per heavy atom. The largest absolute Gasteiger partial charge is 0.464 e. The third-order valence-corrected chi connectivity index (χ3v) is 4.88. The molecule has 0 radical (unpaired) electrons. The van der Waals surface area contributed by atoms with Crippen molar-refractivity contribution in [3.63, 3.8) is 0 Å². The van der Waals surface area contributed by atoms with Gasteiger partial charge in [-0.2, -0.15) is 4.98 Å². The van der Waals surface area contributed by atoms with Gasteiger partial charge < -0.3 is 14.5 Å². The molecular formula is C17H26N4O2. The normalized spacial score (nSPS) is 21.6. The Morgan fingerprint density at radius 1 is 1.22 bits per heavy atom. The van der Waals surface area contributed by atoms with E-state index < -0.39 is 0 Å².